The molecule has 0 spiro atoms. The highest BCUT2D eigenvalue weighted by Crippen LogP contribution is 2.33. The summed E-state index contributed by atoms with van der Waals surface area (Å²) in [6.45, 7) is 5.60. The molecule has 3 rings (SSSR count). The van der Waals surface area contributed by atoms with Gasteiger partial charge in [-0.15, -0.1) is 0 Å². The van der Waals surface area contributed by atoms with E-state index >= 15 is 0 Å². The minimum absolute atomic E-state index is 0.0383. The van der Waals surface area contributed by atoms with E-state index in [4.69, 9.17) is 0 Å². The molecule has 23 heavy (non-hydrogen) atoms. The van der Waals surface area contributed by atoms with Crippen LogP contribution in [0.4, 0.5) is 4.79 Å². The van der Waals surface area contributed by atoms with Crippen molar-refractivity contribution in [3.05, 3.63) is 70.8 Å². The molecule has 0 aromatic heterocycles. The van der Waals surface area contributed by atoms with Gasteiger partial charge in [-0.3, -0.25) is 0 Å². The summed E-state index contributed by atoms with van der Waals surface area (Å²) in [6.07, 6.45) is 2.11. The largest absolute Gasteiger partial charge is 0.334 e. The van der Waals surface area contributed by atoms with Gasteiger partial charge in [0.15, 0.2) is 0 Å². The molecule has 0 saturated carbocycles. The van der Waals surface area contributed by atoms with E-state index in [2.05, 4.69) is 67.7 Å². The van der Waals surface area contributed by atoms with Gasteiger partial charge in [0.1, 0.15) is 0 Å². The Balaban J connectivity index is 1.66. The van der Waals surface area contributed by atoms with Gasteiger partial charge in [0.25, 0.3) is 0 Å². The van der Waals surface area contributed by atoms with E-state index in [-0.39, 0.29) is 12.1 Å². The maximum absolute atomic E-state index is 12.6. The standard InChI is InChI=1S/C20H24N2O/c1-15-9-11-17(12-10-15)14-21-20(23)22-13-5-8-19(22)18-7-4-3-6-16(18)2/h3-4,6-7,9-12,19H,5,8,13-14H2,1-2H3,(H,21,23)/t19-/m0/s1. The molecule has 2 amide bonds. The van der Waals surface area contributed by atoms with Crippen molar-refractivity contribution in [2.24, 2.45) is 0 Å². The molecule has 2 aromatic carbocycles. The van der Waals surface area contributed by atoms with Crippen molar-refractivity contribution in [2.75, 3.05) is 6.54 Å². The smallest absolute Gasteiger partial charge is 0.318 e. The molecule has 0 radical (unpaired) electrons. The van der Waals surface area contributed by atoms with Crippen LogP contribution >= 0.6 is 0 Å². The SMILES string of the molecule is Cc1ccc(CNC(=O)N2CCC[C@H]2c2ccccc2C)cc1. The summed E-state index contributed by atoms with van der Waals surface area (Å²) in [5.41, 5.74) is 4.90. The zero-order chi connectivity index (χ0) is 16.2. The molecule has 120 valence electrons. The number of benzene rings is 2. The fraction of sp³-hybridized carbons (Fsp3) is 0.350. The van der Waals surface area contributed by atoms with Crippen molar-refractivity contribution < 1.29 is 4.79 Å². The summed E-state index contributed by atoms with van der Waals surface area (Å²) in [6, 6.07) is 16.9. The Morgan fingerprint density at radius 1 is 1.13 bits per heavy atom. The molecule has 3 nitrogen and oxygen atoms in total. The van der Waals surface area contributed by atoms with Gasteiger partial charge >= 0.3 is 6.03 Å². The number of nitrogens with one attached hydrogen (secondary N) is 1. The topological polar surface area (TPSA) is 32.3 Å². The Morgan fingerprint density at radius 2 is 1.87 bits per heavy atom. The van der Waals surface area contributed by atoms with Gasteiger partial charge in [-0.2, -0.15) is 0 Å². The summed E-state index contributed by atoms with van der Waals surface area (Å²) >= 11 is 0. The van der Waals surface area contributed by atoms with Crippen LogP contribution in [0.5, 0.6) is 0 Å². The van der Waals surface area contributed by atoms with Crippen LogP contribution in [0.15, 0.2) is 48.5 Å². The second-order valence-electron chi connectivity index (χ2n) is 6.35. The molecule has 1 heterocycles. The lowest BCUT2D eigenvalue weighted by Gasteiger charge is -2.26. The van der Waals surface area contributed by atoms with Gasteiger partial charge in [-0.25, -0.2) is 4.79 Å². The van der Waals surface area contributed by atoms with Crippen LogP contribution in [-0.4, -0.2) is 17.5 Å². The molecule has 3 heteroatoms. The number of carbonyl (C=O) groups excluding carboxylic acids is 1. The lowest BCUT2D eigenvalue weighted by atomic mass is 9.99. The maximum Gasteiger partial charge on any atom is 0.318 e. The first kappa shape index (κ1) is 15.6. The van der Waals surface area contributed by atoms with Crippen LogP contribution in [0.1, 0.15) is 41.1 Å². The first-order valence-corrected chi connectivity index (χ1v) is 8.30. The molecule has 1 saturated heterocycles. The Labute approximate surface area is 138 Å². The van der Waals surface area contributed by atoms with Crippen molar-refractivity contribution in [3.63, 3.8) is 0 Å². The third kappa shape index (κ3) is 3.55. The molecule has 0 bridgehead atoms. The molecule has 2 aromatic rings. The Bertz CT molecular complexity index is 678. The molecular formula is C20H24N2O. The summed E-state index contributed by atoms with van der Waals surface area (Å²) in [4.78, 5) is 14.6. The summed E-state index contributed by atoms with van der Waals surface area (Å²) in [5.74, 6) is 0. The second-order valence-corrected chi connectivity index (χ2v) is 6.35. The van der Waals surface area contributed by atoms with E-state index in [1.807, 2.05) is 4.90 Å². The number of carbonyl (C=O) groups is 1. The predicted molar refractivity (Wildman–Crippen MR) is 93.3 cm³/mol. The van der Waals surface area contributed by atoms with Crippen LogP contribution in [0.3, 0.4) is 0 Å². The number of urea groups is 1. The van der Waals surface area contributed by atoms with E-state index in [1.165, 1.54) is 16.7 Å². The van der Waals surface area contributed by atoms with Crippen molar-refractivity contribution in [3.8, 4) is 0 Å². The Kier molecular flexibility index (Phi) is 4.65. The van der Waals surface area contributed by atoms with Crippen molar-refractivity contribution in [1.29, 1.82) is 0 Å². The average molecular weight is 308 g/mol. The minimum atomic E-state index is 0.0383. The highest BCUT2D eigenvalue weighted by atomic mass is 16.2. The monoisotopic (exact) mass is 308 g/mol. The van der Waals surface area contributed by atoms with Gasteiger partial charge in [-0.05, 0) is 43.4 Å². The molecule has 1 aliphatic rings. The third-order valence-corrected chi connectivity index (χ3v) is 4.63. The Hall–Kier alpha value is -2.29. The predicted octanol–water partition coefficient (Wildman–Crippen LogP) is 4.35. The quantitative estimate of drug-likeness (QED) is 0.898. The van der Waals surface area contributed by atoms with Crippen molar-refractivity contribution in [2.45, 2.75) is 39.3 Å². The molecule has 0 unspecified atom stereocenters. The van der Waals surface area contributed by atoms with E-state index in [1.54, 1.807) is 0 Å². The number of amides is 2. The van der Waals surface area contributed by atoms with Gasteiger partial charge < -0.3 is 10.2 Å². The Morgan fingerprint density at radius 3 is 2.61 bits per heavy atom. The number of hydrogen-bond acceptors (Lipinski definition) is 1. The summed E-state index contributed by atoms with van der Waals surface area (Å²) in [5, 5.41) is 3.07. The first-order chi connectivity index (χ1) is 11.1. The van der Waals surface area contributed by atoms with E-state index in [0.29, 0.717) is 6.54 Å². The zero-order valence-corrected chi connectivity index (χ0v) is 13.9. The van der Waals surface area contributed by atoms with Gasteiger partial charge in [0, 0.05) is 13.1 Å². The average Bonchev–Trinajstić information content (AvgIpc) is 3.04. The first-order valence-electron chi connectivity index (χ1n) is 8.30. The van der Waals surface area contributed by atoms with E-state index in [0.717, 1.165) is 24.9 Å². The number of hydrogen-bond donors (Lipinski definition) is 1. The molecule has 1 N–H and O–H groups in total. The van der Waals surface area contributed by atoms with Crippen molar-refractivity contribution in [1.82, 2.24) is 10.2 Å². The van der Waals surface area contributed by atoms with Gasteiger partial charge in [0.05, 0.1) is 6.04 Å². The number of likely N-dealkylation sites (tertiary alicyclic amines) is 1. The molecule has 1 fully saturated rings. The fourth-order valence-electron chi connectivity index (χ4n) is 3.28. The van der Waals surface area contributed by atoms with Crippen molar-refractivity contribution >= 4 is 6.03 Å². The molecule has 1 aliphatic heterocycles. The maximum atomic E-state index is 12.6. The fourth-order valence-corrected chi connectivity index (χ4v) is 3.28. The van der Waals surface area contributed by atoms with E-state index in [9.17, 15) is 4.79 Å². The van der Waals surface area contributed by atoms with Crippen LogP contribution in [0.25, 0.3) is 0 Å². The van der Waals surface area contributed by atoms with Crippen LogP contribution < -0.4 is 5.32 Å². The number of aryl methyl sites for hydroxylation is 2. The highest BCUT2D eigenvalue weighted by molar-refractivity contribution is 5.75. The molecular weight excluding hydrogens is 284 g/mol. The van der Waals surface area contributed by atoms with Crippen LogP contribution in [0.2, 0.25) is 0 Å². The number of rotatable bonds is 3. The molecule has 0 aliphatic carbocycles. The lowest BCUT2D eigenvalue weighted by molar-refractivity contribution is 0.192. The minimum Gasteiger partial charge on any atom is -0.334 e. The highest BCUT2D eigenvalue weighted by Gasteiger charge is 2.30. The third-order valence-electron chi connectivity index (χ3n) is 4.63. The summed E-state index contributed by atoms with van der Waals surface area (Å²) in [7, 11) is 0. The normalized spacial score (nSPS) is 17.3. The van der Waals surface area contributed by atoms with Gasteiger partial charge in [-0.1, -0.05) is 54.1 Å². The lowest BCUT2D eigenvalue weighted by Crippen LogP contribution is -2.39. The second kappa shape index (κ2) is 6.86. The number of nitrogens with zero attached hydrogens (tertiary/aromatic N) is 1. The van der Waals surface area contributed by atoms with Crippen LogP contribution in [-0.2, 0) is 6.54 Å². The van der Waals surface area contributed by atoms with Crippen LogP contribution in [0, 0.1) is 13.8 Å². The van der Waals surface area contributed by atoms with Gasteiger partial charge in [0.2, 0.25) is 0 Å². The van der Waals surface area contributed by atoms with E-state index < -0.39 is 0 Å². The molecule has 1 atom stereocenters. The zero-order valence-electron chi connectivity index (χ0n) is 13.9. The summed E-state index contributed by atoms with van der Waals surface area (Å²) < 4.78 is 0.